The van der Waals surface area contributed by atoms with E-state index < -0.39 is 11.4 Å². The van der Waals surface area contributed by atoms with Gasteiger partial charge in [-0.3, -0.25) is 9.20 Å². The van der Waals surface area contributed by atoms with E-state index >= 15 is 0 Å². The average molecular weight is 343 g/mol. The number of imidazole rings is 1. The Morgan fingerprint density at radius 3 is 2.80 bits per heavy atom. The van der Waals surface area contributed by atoms with Crippen LogP contribution < -0.4 is 5.56 Å². The lowest BCUT2D eigenvalue weighted by Gasteiger charge is -2.10. The Balaban J connectivity index is 2.24. The SMILES string of the molecule is C=C(OCC)c1cnc2c(CC)nc(-c3nc(C)c(F)c(=O)[nH]3)cn12. The van der Waals surface area contributed by atoms with Crippen LogP contribution in [0.25, 0.3) is 22.9 Å². The van der Waals surface area contributed by atoms with Crippen LogP contribution in [0.1, 0.15) is 30.9 Å². The molecular formula is C17H18FN5O2. The van der Waals surface area contributed by atoms with Crippen molar-refractivity contribution in [1.29, 1.82) is 0 Å². The zero-order valence-electron chi connectivity index (χ0n) is 14.3. The molecule has 0 aliphatic rings. The van der Waals surface area contributed by atoms with Gasteiger partial charge in [0.2, 0.25) is 5.82 Å². The maximum atomic E-state index is 13.6. The summed E-state index contributed by atoms with van der Waals surface area (Å²) in [5.74, 6) is -0.221. The third kappa shape index (κ3) is 2.90. The molecule has 0 bridgehead atoms. The fraction of sp³-hybridized carbons (Fsp3) is 0.294. The molecular weight excluding hydrogens is 325 g/mol. The molecule has 3 aromatic rings. The minimum Gasteiger partial charge on any atom is -0.492 e. The lowest BCUT2D eigenvalue weighted by atomic mass is 10.3. The van der Waals surface area contributed by atoms with E-state index in [1.807, 2.05) is 13.8 Å². The normalized spacial score (nSPS) is 11.0. The molecule has 0 saturated carbocycles. The van der Waals surface area contributed by atoms with Crippen molar-refractivity contribution in [3.8, 4) is 11.5 Å². The molecule has 130 valence electrons. The summed E-state index contributed by atoms with van der Waals surface area (Å²) >= 11 is 0. The summed E-state index contributed by atoms with van der Waals surface area (Å²) in [7, 11) is 0. The molecule has 3 heterocycles. The first-order valence-corrected chi connectivity index (χ1v) is 7.92. The van der Waals surface area contributed by atoms with Gasteiger partial charge in [-0.2, -0.15) is 4.39 Å². The molecule has 0 unspecified atom stereocenters. The second-order valence-electron chi connectivity index (χ2n) is 5.43. The average Bonchev–Trinajstić information content (AvgIpc) is 3.02. The van der Waals surface area contributed by atoms with Gasteiger partial charge >= 0.3 is 0 Å². The number of fused-ring (bicyclic) bond motifs is 1. The Kier molecular flexibility index (Phi) is 4.35. The molecule has 0 atom stereocenters. The molecule has 25 heavy (non-hydrogen) atoms. The van der Waals surface area contributed by atoms with Crippen molar-refractivity contribution in [2.45, 2.75) is 27.2 Å². The third-order valence-electron chi connectivity index (χ3n) is 3.77. The van der Waals surface area contributed by atoms with E-state index in [0.717, 1.165) is 5.69 Å². The topological polar surface area (TPSA) is 85.2 Å². The van der Waals surface area contributed by atoms with E-state index in [0.29, 0.717) is 35.8 Å². The molecule has 0 aliphatic carbocycles. The summed E-state index contributed by atoms with van der Waals surface area (Å²) in [5.41, 5.74) is 1.67. The van der Waals surface area contributed by atoms with Gasteiger partial charge in [0.1, 0.15) is 17.1 Å². The number of H-pyrrole nitrogens is 1. The number of nitrogens with zero attached hydrogens (tertiary/aromatic N) is 4. The van der Waals surface area contributed by atoms with Crippen molar-refractivity contribution in [3.05, 3.63) is 52.2 Å². The van der Waals surface area contributed by atoms with Gasteiger partial charge in [-0.25, -0.2) is 15.0 Å². The number of hydrogen-bond donors (Lipinski definition) is 1. The van der Waals surface area contributed by atoms with Crippen LogP contribution in [0.15, 0.2) is 23.8 Å². The molecule has 0 fully saturated rings. The first kappa shape index (κ1) is 16.8. The van der Waals surface area contributed by atoms with E-state index in [1.165, 1.54) is 6.92 Å². The molecule has 3 aromatic heterocycles. The van der Waals surface area contributed by atoms with Gasteiger partial charge < -0.3 is 9.72 Å². The number of rotatable bonds is 5. The van der Waals surface area contributed by atoms with Crippen LogP contribution in [0, 0.1) is 12.7 Å². The summed E-state index contributed by atoms with van der Waals surface area (Å²) < 4.78 is 20.8. The minimum absolute atomic E-state index is 0.0169. The Bertz CT molecular complexity index is 1020. The lowest BCUT2D eigenvalue weighted by Crippen LogP contribution is -2.16. The molecule has 7 nitrogen and oxygen atoms in total. The zero-order chi connectivity index (χ0) is 18.1. The number of ether oxygens (including phenoxy) is 1. The number of aromatic amines is 1. The first-order chi connectivity index (χ1) is 12.0. The van der Waals surface area contributed by atoms with Crippen LogP contribution >= 0.6 is 0 Å². The van der Waals surface area contributed by atoms with E-state index in [2.05, 4.69) is 26.5 Å². The second kappa shape index (κ2) is 6.46. The fourth-order valence-corrected chi connectivity index (χ4v) is 2.55. The van der Waals surface area contributed by atoms with Gasteiger partial charge in [0.25, 0.3) is 5.56 Å². The van der Waals surface area contributed by atoms with E-state index in [9.17, 15) is 9.18 Å². The van der Waals surface area contributed by atoms with Crippen molar-refractivity contribution < 1.29 is 9.13 Å². The van der Waals surface area contributed by atoms with Gasteiger partial charge in [-0.05, 0) is 20.3 Å². The summed E-state index contributed by atoms with van der Waals surface area (Å²) in [6, 6.07) is 0. The first-order valence-electron chi connectivity index (χ1n) is 7.92. The Morgan fingerprint density at radius 1 is 1.40 bits per heavy atom. The van der Waals surface area contributed by atoms with Crippen LogP contribution in [0.3, 0.4) is 0 Å². The standard InChI is InChI=1S/C17H18FN5O2/c1-5-11-16-19-7-13(10(4)25-6-2)23(16)8-12(21-11)15-20-9(3)14(18)17(24)22-15/h7-8H,4-6H2,1-3H3,(H,20,22,24). The highest BCUT2D eigenvalue weighted by atomic mass is 19.1. The quantitative estimate of drug-likeness (QED) is 0.720. The van der Waals surface area contributed by atoms with Crippen LogP contribution in [0.2, 0.25) is 0 Å². The predicted octanol–water partition coefficient (Wildman–Crippen LogP) is 2.50. The van der Waals surface area contributed by atoms with Gasteiger partial charge in [-0.15, -0.1) is 0 Å². The van der Waals surface area contributed by atoms with Crippen LogP contribution in [0.4, 0.5) is 4.39 Å². The Labute approximate surface area is 143 Å². The molecule has 0 saturated heterocycles. The summed E-state index contributed by atoms with van der Waals surface area (Å²) in [4.78, 5) is 27.1. The van der Waals surface area contributed by atoms with E-state index in [4.69, 9.17) is 4.74 Å². The number of aryl methyl sites for hydroxylation is 2. The molecule has 8 heteroatoms. The highest BCUT2D eigenvalue weighted by Gasteiger charge is 2.16. The van der Waals surface area contributed by atoms with Crippen LogP contribution in [0.5, 0.6) is 0 Å². The van der Waals surface area contributed by atoms with E-state index in [1.54, 1.807) is 16.8 Å². The van der Waals surface area contributed by atoms with Crippen molar-refractivity contribution >= 4 is 11.4 Å². The molecule has 1 N–H and O–H groups in total. The van der Waals surface area contributed by atoms with Crippen molar-refractivity contribution in [2.24, 2.45) is 0 Å². The van der Waals surface area contributed by atoms with Gasteiger partial charge in [-0.1, -0.05) is 13.5 Å². The highest BCUT2D eigenvalue weighted by Crippen LogP contribution is 2.22. The molecule has 0 aliphatic heterocycles. The van der Waals surface area contributed by atoms with Crippen molar-refractivity contribution in [2.75, 3.05) is 6.61 Å². The Hall–Kier alpha value is -3.03. The molecule has 0 amide bonds. The fourth-order valence-electron chi connectivity index (χ4n) is 2.55. The Morgan fingerprint density at radius 2 is 2.16 bits per heavy atom. The lowest BCUT2D eigenvalue weighted by molar-refractivity contribution is 0.297. The predicted molar refractivity (Wildman–Crippen MR) is 91.6 cm³/mol. The van der Waals surface area contributed by atoms with Gasteiger partial charge in [0, 0.05) is 6.20 Å². The molecule has 0 spiro atoms. The zero-order valence-corrected chi connectivity index (χ0v) is 14.3. The summed E-state index contributed by atoms with van der Waals surface area (Å²) in [6.07, 6.45) is 3.96. The van der Waals surface area contributed by atoms with Gasteiger partial charge in [0.05, 0.1) is 24.2 Å². The van der Waals surface area contributed by atoms with Crippen LogP contribution in [-0.4, -0.2) is 30.9 Å². The second-order valence-corrected chi connectivity index (χ2v) is 5.43. The molecule has 0 radical (unpaired) electrons. The smallest absolute Gasteiger partial charge is 0.287 e. The van der Waals surface area contributed by atoms with E-state index in [-0.39, 0.29) is 11.5 Å². The maximum Gasteiger partial charge on any atom is 0.287 e. The van der Waals surface area contributed by atoms with Crippen molar-refractivity contribution in [1.82, 2.24) is 24.3 Å². The number of nitrogens with one attached hydrogen (secondary N) is 1. The van der Waals surface area contributed by atoms with Crippen molar-refractivity contribution in [3.63, 3.8) is 0 Å². The van der Waals surface area contributed by atoms with Gasteiger partial charge in [0.15, 0.2) is 11.5 Å². The highest BCUT2D eigenvalue weighted by molar-refractivity contribution is 5.62. The minimum atomic E-state index is -0.895. The molecule has 3 rings (SSSR count). The number of aromatic nitrogens is 5. The monoisotopic (exact) mass is 343 g/mol. The summed E-state index contributed by atoms with van der Waals surface area (Å²) in [6.45, 7) is 9.65. The third-order valence-corrected chi connectivity index (χ3v) is 3.77. The summed E-state index contributed by atoms with van der Waals surface area (Å²) in [5, 5.41) is 0. The molecule has 0 aromatic carbocycles. The number of halogens is 1. The maximum absolute atomic E-state index is 13.6. The number of hydrogen-bond acceptors (Lipinski definition) is 5. The largest absolute Gasteiger partial charge is 0.492 e. The van der Waals surface area contributed by atoms with Crippen LogP contribution in [-0.2, 0) is 11.2 Å².